The van der Waals surface area contributed by atoms with Crippen LogP contribution in [-0.4, -0.2) is 49.6 Å². The number of esters is 1. The van der Waals surface area contributed by atoms with Crippen molar-refractivity contribution in [3.63, 3.8) is 0 Å². The summed E-state index contributed by atoms with van der Waals surface area (Å²) in [4.78, 5) is 24.5. The molecular formula is C12H24N2O3. The normalized spacial score (nSPS) is 11.1. The van der Waals surface area contributed by atoms with Gasteiger partial charge < -0.3 is 15.0 Å². The molecule has 17 heavy (non-hydrogen) atoms. The van der Waals surface area contributed by atoms with Crippen molar-refractivity contribution in [1.29, 1.82) is 0 Å². The molecule has 0 aromatic heterocycles. The lowest BCUT2D eigenvalue weighted by atomic mass is 10.2. The predicted molar refractivity (Wildman–Crippen MR) is 66.6 cm³/mol. The van der Waals surface area contributed by atoms with Crippen LogP contribution in [0.3, 0.4) is 0 Å². The molecule has 0 aromatic carbocycles. The van der Waals surface area contributed by atoms with Crippen molar-refractivity contribution in [2.24, 2.45) is 0 Å². The van der Waals surface area contributed by atoms with Gasteiger partial charge >= 0.3 is 5.97 Å². The monoisotopic (exact) mass is 244 g/mol. The van der Waals surface area contributed by atoms with E-state index in [-0.39, 0.29) is 18.4 Å². The predicted octanol–water partition coefficient (Wildman–Crippen LogP) is 0.786. The molecule has 0 bridgehead atoms. The number of carbonyl (C=O) groups excluding carboxylic acids is 2. The van der Waals surface area contributed by atoms with E-state index >= 15 is 0 Å². The smallest absolute Gasteiger partial charge is 0.326 e. The van der Waals surface area contributed by atoms with Crippen LogP contribution in [0.1, 0.15) is 33.6 Å². The summed E-state index contributed by atoms with van der Waals surface area (Å²) in [6.07, 6.45) is 1.22. The molecule has 0 rings (SSSR count). The molecule has 0 spiro atoms. The van der Waals surface area contributed by atoms with Crippen molar-refractivity contribution in [3.8, 4) is 0 Å². The van der Waals surface area contributed by atoms with Crippen LogP contribution >= 0.6 is 0 Å². The van der Waals surface area contributed by atoms with Gasteiger partial charge in [0.1, 0.15) is 12.1 Å². The summed E-state index contributed by atoms with van der Waals surface area (Å²) in [5.41, 5.74) is -0.507. The lowest BCUT2D eigenvalue weighted by Gasteiger charge is -2.22. The molecule has 0 aliphatic carbocycles. The SMILES string of the molecule is CNCCCC(=O)N(C)CC(=O)OC(C)(C)C. The second-order valence-electron chi connectivity index (χ2n) is 5.04. The lowest BCUT2D eigenvalue weighted by Crippen LogP contribution is -2.36. The molecular weight excluding hydrogens is 220 g/mol. The average molecular weight is 244 g/mol. The molecule has 0 fully saturated rings. The Morgan fingerprint density at radius 3 is 2.35 bits per heavy atom. The van der Waals surface area contributed by atoms with Gasteiger partial charge in [-0.1, -0.05) is 0 Å². The minimum atomic E-state index is -0.507. The number of ether oxygens (including phenoxy) is 1. The standard InChI is InChI=1S/C12H24N2O3/c1-12(2,3)17-11(16)9-14(5)10(15)7-6-8-13-4/h13H,6-9H2,1-5H3. The van der Waals surface area contributed by atoms with Crippen molar-refractivity contribution in [2.75, 3.05) is 27.2 Å². The number of nitrogens with zero attached hydrogens (tertiary/aromatic N) is 1. The molecule has 0 atom stereocenters. The fourth-order valence-corrected chi connectivity index (χ4v) is 1.26. The van der Waals surface area contributed by atoms with E-state index in [0.29, 0.717) is 6.42 Å². The Morgan fingerprint density at radius 1 is 1.29 bits per heavy atom. The first kappa shape index (κ1) is 15.9. The van der Waals surface area contributed by atoms with Crippen LogP contribution in [0.4, 0.5) is 0 Å². The maximum Gasteiger partial charge on any atom is 0.326 e. The highest BCUT2D eigenvalue weighted by molar-refractivity contribution is 5.81. The summed E-state index contributed by atoms with van der Waals surface area (Å²) in [6, 6.07) is 0. The van der Waals surface area contributed by atoms with E-state index in [1.54, 1.807) is 27.8 Å². The maximum absolute atomic E-state index is 11.6. The van der Waals surface area contributed by atoms with E-state index in [2.05, 4.69) is 5.32 Å². The fraction of sp³-hybridized carbons (Fsp3) is 0.833. The first-order valence-corrected chi connectivity index (χ1v) is 5.86. The van der Waals surface area contributed by atoms with Crippen LogP contribution in [0.2, 0.25) is 0 Å². The third-order valence-corrected chi connectivity index (χ3v) is 2.03. The third-order valence-electron chi connectivity index (χ3n) is 2.03. The van der Waals surface area contributed by atoms with Gasteiger partial charge in [-0.05, 0) is 40.8 Å². The van der Waals surface area contributed by atoms with E-state index in [4.69, 9.17) is 4.74 Å². The summed E-state index contributed by atoms with van der Waals surface area (Å²) in [5.74, 6) is -0.409. The molecule has 100 valence electrons. The zero-order valence-corrected chi connectivity index (χ0v) is 11.5. The Labute approximate surface area is 103 Å². The summed E-state index contributed by atoms with van der Waals surface area (Å²) >= 11 is 0. The zero-order chi connectivity index (χ0) is 13.5. The Balaban J connectivity index is 3.95. The van der Waals surface area contributed by atoms with Gasteiger partial charge in [0.05, 0.1) is 0 Å². The third kappa shape index (κ3) is 8.68. The van der Waals surface area contributed by atoms with Crippen LogP contribution in [0.15, 0.2) is 0 Å². The molecule has 0 saturated carbocycles. The van der Waals surface area contributed by atoms with Crippen molar-refractivity contribution in [1.82, 2.24) is 10.2 Å². The molecule has 1 amide bonds. The van der Waals surface area contributed by atoms with Gasteiger partial charge in [-0.3, -0.25) is 9.59 Å². The minimum absolute atomic E-state index is 0.00958. The van der Waals surface area contributed by atoms with Crippen molar-refractivity contribution in [3.05, 3.63) is 0 Å². The van der Waals surface area contributed by atoms with Gasteiger partial charge in [-0.25, -0.2) is 0 Å². The van der Waals surface area contributed by atoms with Gasteiger partial charge in [0.15, 0.2) is 0 Å². The molecule has 0 saturated heterocycles. The van der Waals surface area contributed by atoms with Gasteiger partial charge in [0, 0.05) is 13.5 Å². The maximum atomic E-state index is 11.6. The molecule has 5 nitrogen and oxygen atoms in total. The van der Waals surface area contributed by atoms with E-state index < -0.39 is 5.60 Å². The first-order valence-electron chi connectivity index (χ1n) is 5.86. The van der Waals surface area contributed by atoms with Crippen LogP contribution < -0.4 is 5.32 Å². The summed E-state index contributed by atoms with van der Waals surface area (Å²) in [5, 5.41) is 2.97. The van der Waals surface area contributed by atoms with Crippen LogP contribution in [0.25, 0.3) is 0 Å². The van der Waals surface area contributed by atoms with Gasteiger partial charge in [-0.15, -0.1) is 0 Å². The Hall–Kier alpha value is -1.10. The molecule has 0 radical (unpaired) electrons. The van der Waals surface area contributed by atoms with E-state index in [0.717, 1.165) is 13.0 Å². The summed E-state index contributed by atoms with van der Waals surface area (Å²) < 4.78 is 5.14. The number of likely N-dealkylation sites (N-methyl/N-ethyl adjacent to an activating group) is 1. The number of nitrogens with one attached hydrogen (secondary N) is 1. The number of carbonyl (C=O) groups is 2. The summed E-state index contributed by atoms with van der Waals surface area (Å²) in [6.45, 7) is 6.22. The molecule has 0 aromatic rings. The van der Waals surface area contributed by atoms with Crippen molar-refractivity contribution >= 4 is 11.9 Å². The van der Waals surface area contributed by atoms with Crippen molar-refractivity contribution in [2.45, 2.75) is 39.2 Å². The molecule has 0 heterocycles. The largest absolute Gasteiger partial charge is 0.459 e. The minimum Gasteiger partial charge on any atom is -0.459 e. The quantitative estimate of drug-likeness (QED) is 0.554. The Morgan fingerprint density at radius 2 is 1.88 bits per heavy atom. The highest BCUT2D eigenvalue weighted by atomic mass is 16.6. The molecule has 1 N–H and O–H groups in total. The van der Waals surface area contributed by atoms with Gasteiger partial charge in [0.2, 0.25) is 5.91 Å². The second kappa shape index (κ2) is 7.27. The second-order valence-corrected chi connectivity index (χ2v) is 5.04. The van der Waals surface area contributed by atoms with Crippen LogP contribution in [0, 0.1) is 0 Å². The molecule has 5 heteroatoms. The van der Waals surface area contributed by atoms with E-state index in [1.807, 2.05) is 7.05 Å². The zero-order valence-electron chi connectivity index (χ0n) is 11.5. The number of hydrogen-bond acceptors (Lipinski definition) is 4. The highest BCUT2D eigenvalue weighted by Crippen LogP contribution is 2.07. The average Bonchev–Trinajstić information content (AvgIpc) is 2.14. The molecule has 0 aliphatic rings. The molecule has 0 unspecified atom stereocenters. The topological polar surface area (TPSA) is 58.6 Å². The van der Waals surface area contributed by atoms with E-state index in [9.17, 15) is 9.59 Å². The first-order chi connectivity index (χ1) is 7.76. The van der Waals surface area contributed by atoms with Crippen LogP contribution in [0.5, 0.6) is 0 Å². The number of hydrogen-bond donors (Lipinski definition) is 1. The number of rotatable bonds is 6. The van der Waals surface area contributed by atoms with E-state index in [1.165, 1.54) is 4.90 Å². The molecule has 0 aliphatic heterocycles. The lowest BCUT2D eigenvalue weighted by molar-refractivity contribution is -0.158. The van der Waals surface area contributed by atoms with Gasteiger partial charge in [0.25, 0.3) is 0 Å². The Bertz CT molecular complexity index is 259. The van der Waals surface area contributed by atoms with Gasteiger partial charge in [-0.2, -0.15) is 0 Å². The van der Waals surface area contributed by atoms with Crippen molar-refractivity contribution < 1.29 is 14.3 Å². The Kier molecular flexibility index (Phi) is 6.80. The summed E-state index contributed by atoms with van der Waals surface area (Å²) in [7, 11) is 3.46. The fourth-order valence-electron chi connectivity index (χ4n) is 1.26. The van der Waals surface area contributed by atoms with Crippen LogP contribution in [-0.2, 0) is 14.3 Å². The number of amides is 1. The highest BCUT2D eigenvalue weighted by Gasteiger charge is 2.19.